The van der Waals surface area contributed by atoms with Crippen molar-refractivity contribution in [2.45, 2.75) is 25.7 Å². The average Bonchev–Trinajstić information content (AvgIpc) is 2.89. The van der Waals surface area contributed by atoms with Gasteiger partial charge in [0, 0.05) is 15.3 Å². The average molecular weight is 393 g/mol. The van der Waals surface area contributed by atoms with Crippen molar-refractivity contribution >= 4 is 46.0 Å². The van der Waals surface area contributed by atoms with Crippen molar-refractivity contribution in [1.82, 2.24) is 5.32 Å². The van der Waals surface area contributed by atoms with Crippen LogP contribution in [0.3, 0.4) is 0 Å². The van der Waals surface area contributed by atoms with Crippen LogP contribution in [0.5, 0.6) is 0 Å². The van der Waals surface area contributed by atoms with E-state index < -0.39 is 12.0 Å². The molecule has 0 aliphatic heterocycles. The van der Waals surface area contributed by atoms with Gasteiger partial charge in [-0.3, -0.25) is 14.9 Å². The molecule has 0 radical (unpaired) electrons. The molecule has 0 saturated heterocycles. The number of rotatable bonds is 5. The lowest BCUT2D eigenvalue weighted by Crippen LogP contribution is -2.31. The van der Waals surface area contributed by atoms with Crippen molar-refractivity contribution in [2.75, 3.05) is 18.2 Å². The summed E-state index contributed by atoms with van der Waals surface area (Å²) in [7, 11) is 1.18. The second-order valence-corrected chi connectivity index (χ2v) is 7.91. The van der Waals surface area contributed by atoms with E-state index in [0.717, 1.165) is 15.5 Å². The number of nitrogens with one attached hydrogen (secondary N) is 2. The quantitative estimate of drug-likeness (QED) is 0.744. The highest BCUT2D eigenvalue weighted by molar-refractivity contribution is 7.99. The maximum Gasteiger partial charge on any atom is 0.413 e. The van der Waals surface area contributed by atoms with Gasteiger partial charge in [0.1, 0.15) is 5.00 Å². The zero-order valence-electron chi connectivity index (χ0n) is 15.0. The fraction of sp³-hybridized carbons (Fsp3) is 0.278. The summed E-state index contributed by atoms with van der Waals surface area (Å²) in [6.07, 6.45) is -0.847. The smallest absolute Gasteiger partial charge is 0.413 e. The van der Waals surface area contributed by atoms with E-state index in [4.69, 9.17) is 0 Å². The molecular formula is C18H20N2O4S2. The number of thiophene rings is 1. The van der Waals surface area contributed by atoms with Crippen molar-refractivity contribution in [3.05, 3.63) is 45.8 Å². The lowest BCUT2D eigenvalue weighted by molar-refractivity contribution is 0.0937. The van der Waals surface area contributed by atoms with E-state index in [2.05, 4.69) is 15.4 Å². The van der Waals surface area contributed by atoms with Gasteiger partial charge in [-0.25, -0.2) is 4.79 Å². The molecule has 0 atom stereocenters. The van der Waals surface area contributed by atoms with Crippen LogP contribution in [0.15, 0.2) is 29.2 Å². The lowest BCUT2D eigenvalue weighted by Gasteiger charge is -2.08. The molecule has 2 rings (SSSR count). The van der Waals surface area contributed by atoms with Gasteiger partial charge in [-0.05, 0) is 43.4 Å². The zero-order chi connectivity index (χ0) is 19.3. The number of carbonyl (C=O) groups is 3. The zero-order valence-corrected chi connectivity index (χ0v) is 16.6. The van der Waals surface area contributed by atoms with Crippen LogP contribution in [-0.2, 0) is 4.74 Å². The molecule has 0 aliphatic rings. The van der Waals surface area contributed by atoms with Crippen LogP contribution in [0.1, 0.15) is 38.1 Å². The Morgan fingerprint density at radius 2 is 1.92 bits per heavy atom. The molecule has 0 saturated carbocycles. The maximum absolute atomic E-state index is 12.6. The summed E-state index contributed by atoms with van der Waals surface area (Å²) in [6.45, 7) is 5.66. The number of carbonyl (C=O) groups excluding carboxylic acids is 3. The Morgan fingerprint density at radius 1 is 1.19 bits per heavy atom. The minimum absolute atomic E-state index is 0.269. The van der Waals surface area contributed by atoms with Gasteiger partial charge >= 0.3 is 6.09 Å². The monoisotopic (exact) mass is 392 g/mol. The fourth-order valence-electron chi connectivity index (χ4n) is 2.26. The highest BCUT2D eigenvalue weighted by Gasteiger charge is 2.23. The molecule has 0 fully saturated rings. The van der Waals surface area contributed by atoms with E-state index >= 15 is 0 Å². The minimum Gasteiger partial charge on any atom is -0.453 e. The predicted octanol–water partition coefficient (Wildman–Crippen LogP) is 4.23. The Morgan fingerprint density at radius 3 is 2.58 bits per heavy atom. The van der Waals surface area contributed by atoms with Gasteiger partial charge in [0.25, 0.3) is 11.8 Å². The summed E-state index contributed by atoms with van der Waals surface area (Å²) in [5.41, 5.74) is 1.49. The Labute approximate surface area is 160 Å². The van der Waals surface area contributed by atoms with Gasteiger partial charge in [0.15, 0.2) is 0 Å². The number of benzene rings is 1. The van der Waals surface area contributed by atoms with Gasteiger partial charge in [-0.15, -0.1) is 23.1 Å². The van der Waals surface area contributed by atoms with Crippen molar-refractivity contribution in [3.8, 4) is 0 Å². The summed E-state index contributed by atoms with van der Waals surface area (Å²) < 4.78 is 4.46. The Bertz CT molecular complexity index is 846. The first-order valence-corrected chi connectivity index (χ1v) is 9.71. The molecule has 2 N–H and O–H groups in total. The van der Waals surface area contributed by atoms with Gasteiger partial charge in [0.2, 0.25) is 0 Å². The third-order valence-corrected chi connectivity index (χ3v) is 5.65. The number of amides is 3. The van der Waals surface area contributed by atoms with Crippen LogP contribution < -0.4 is 10.6 Å². The highest BCUT2D eigenvalue weighted by atomic mass is 32.2. The van der Waals surface area contributed by atoms with Crippen LogP contribution in [-0.4, -0.2) is 30.8 Å². The molecule has 26 heavy (non-hydrogen) atoms. The first kappa shape index (κ1) is 20.0. The number of methoxy groups -OCH3 is 1. The maximum atomic E-state index is 12.6. The predicted molar refractivity (Wildman–Crippen MR) is 104 cm³/mol. The van der Waals surface area contributed by atoms with E-state index in [1.165, 1.54) is 18.4 Å². The largest absolute Gasteiger partial charge is 0.453 e. The molecule has 1 heterocycles. The molecule has 1 aromatic carbocycles. The van der Waals surface area contributed by atoms with Crippen LogP contribution >= 0.6 is 23.1 Å². The number of aryl methyl sites for hydroxylation is 1. The molecule has 0 aliphatic carbocycles. The first-order chi connectivity index (χ1) is 12.4. The first-order valence-electron chi connectivity index (χ1n) is 7.90. The number of alkyl carbamates (subject to hydrolysis) is 1. The second kappa shape index (κ2) is 8.86. The van der Waals surface area contributed by atoms with Gasteiger partial charge in [-0.2, -0.15) is 0 Å². The number of hydrogen-bond acceptors (Lipinski definition) is 6. The van der Waals surface area contributed by atoms with Crippen molar-refractivity contribution in [2.24, 2.45) is 0 Å². The Kier molecular flexibility index (Phi) is 6.82. The van der Waals surface area contributed by atoms with E-state index in [1.54, 1.807) is 24.8 Å². The molecule has 0 bridgehead atoms. The SMILES string of the molecule is CCSc1cccc(C(=O)Nc2sc(C)c(C)c2C(=O)NC(=O)OC)c1. The van der Waals surface area contributed by atoms with E-state index in [0.29, 0.717) is 16.1 Å². The van der Waals surface area contributed by atoms with Crippen LogP contribution in [0.4, 0.5) is 9.80 Å². The molecule has 6 nitrogen and oxygen atoms in total. The summed E-state index contributed by atoms with van der Waals surface area (Å²) in [5.74, 6) is -0.00658. The van der Waals surface area contributed by atoms with Crippen molar-refractivity contribution < 1.29 is 19.1 Å². The topological polar surface area (TPSA) is 84.5 Å². The third-order valence-electron chi connectivity index (χ3n) is 3.65. The molecule has 0 unspecified atom stereocenters. The molecule has 2 aromatic rings. The van der Waals surface area contributed by atoms with Crippen molar-refractivity contribution in [1.29, 1.82) is 0 Å². The summed E-state index contributed by atoms with van der Waals surface area (Å²) in [4.78, 5) is 38.2. The minimum atomic E-state index is -0.847. The van der Waals surface area contributed by atoms with E-state index in [9.17, 15) is 14.4 Å². The van der Waals surface area contributed by atoms with Gasteiger partial charge < -0.3 is 10.1 Å². The molecular weight excluding hydrogens is 372 g/mol. The molecule has 1 aromatic heterocycles. The molecule has 0 spiro atoms. The summed E-state index contributed by atoms with van der Waals surface area (Å²) >= 11 is 2.94. The summed E-state index contributed by atoms with van der Waals surface area (Å²) in [5, 5.41) is 5.32. The molecule has 3 amide bonds. The summed E-state index contributed by atoms with van der Waals surface area (Å²) in [6, 6.07) is 7.30. The van der Waals surface area contributed by atoms with Gasteiger partial charge in [0.05, 0.1) is 12.7 Å². The van der Waals surface area contributed by atoms with E-state index in [1.807, 2.05) is 32.0 Å². The van der Waals surface area contributed by atoms with Crippen LogP contribution in [0.25, 0.3) is 0 Å². The number of anilines is 1. The highest BCUT2D eigenvalue weighted by Crippen LogP contribution is 2.33. The van der Waals surface area contributed by atoms with Crippen molar-refractivity contribution in [3.63, 3.8) is 0 Å². The Hall–Kier alpha value is -2.32. The number of imide groups is 1. The van der Waals surface area contributed by atoms with Crippen LogP contribution in [0.2, 0.25) is 0 Å². The van der Waals surface area contributed by atoms with Gasteiger partial charge in [-0.1, -0.05) is 13.0 Å². The van der Waals surface area contributed by atoms with Crippen LogP contribution in [0, 0.1) is 13.8 Å². The molecule has 8 heteroatoms. The number of hydrogen-bond donors (Lipinski definition) is 2. The standard InChI is InChI=1S/C18H20N2O4S2/c1-5-25-13-8-6-7-12(9-13)15(21)19-17-14(10(2)11(3)26-17)16(22)20-18(23)24-4/h6-9H,5H2,1-4H3,(H,19,21)(H,20,22,23). The Balaban J connectivity index is 2.27. The van der Waals surface area contributed by atoms with E-state index in [-0.39, 0.29) is 11.5 Å². The number of ether oxygens (including phenoxy) is 1. The molecule has 138 valence electrons. The third kappa shape index (κ3) is 4.64. The number of thioether (sulfide) groups is 1. The lowest BCUT2D eigenvalue weighted by atomic mass is 10.1. The second-order valence-electron chi connectivity index (χ2n) is 5.35. The normalized spacial score (nSPS) is 10.3. The fourth-order valence-corrected chi connectivity index (χ4v) is 4.04.